The van der Waals surface area contributed by atoms with Crippen LogP contribution in [0.15, 0.2) is 24.5 Å². The number of esters is 1. The number of pyridine rings is 1. The van der Waals surface area contributed by atoms with Crippen LogP contribution in [0.2, 0.25) is 0 Å². The van der Waals surface area contributed by atoms with E-state index in [0.29, 0.717) is 29.1 Å². The van der Waals surface area contributed by atoms with Crippen LogP contribution in [0, 0.1) is 13.8 Å². The van der Waals surface area contributed by atoms with E-state index in [1.165, 1.54) is 12.0 Å². The fourth-order valence-corrected chi connectivity index (χ4v) is 3.40. The maximum absolute atomic E-state index is 13.4. The minimum atomic E-state index is -0.743. The van der Waals surface area contributed by atoms with E-state index >= 15 is 0 Å². The van der Waals surface area contributed by atoms with Crippen molar-refractivity contribution < 1.29 is 19.1 Å². The molecular weight excluding hydrogens is 372 g/mol. The minimum absolute atomic E-state index is 0.235. The molecule has 2 amide bonds. The van der Waals surface area contributed by atoms with Crippen molar-refractivity contribution in [2.24, 2.45) is 7.05 Å². The van der Waals surface area contributed by atoms with E-state index in [-0.39, 0.29) is 18.4 Å². The smallest absolute Gasteiger partial charge is 0.354 e. The summed E-state index contributed by atoms with van der Waals surface area (Å²) in [5.41, 5.74) is 2.77. The molecule has 0 saturated carbocycles. The molecule has 29 heavy (non-hydrogen) atoms. The SMILES string of the molecule is CCNC(=O)N(Cc1cccnc1)C(C)C(=O)c1c(C)c(C(=O)OC)n(C)c1C. The van der Waals surface area contributed by atoms with Crippen molar-refractivity contribution >= 4 is 17.8 Å². The van der Waals surface area contributed by atoms with Crippen LogP contribution < -0.4 is 5.32 Å². The first-order chi connectivity index (χ1) is 13.7. The molecule has 1 atom stereocenters. The van der Waals surface area contributed by atoms with Crippen LogP contribution in [-0.4, -0.2) is 51.9 Å². The number of rotatable bonds is 7. The molecule has 0 bridgehead atoms. The fourth-order valence-electron chi connectivity index (χ4n) is 3.40. The first-order valence-corrected chi connectivity index (χ1v) is 9.46. The molecule has 2 aromatic rings. The Morgan fingerprint density at radius 2 is 2.00 bits per heavy atom. The van der Waals surface area contributed by atoms with Crippen LogP contribution in [0.25, 0.3) is 0 Å². The maximum Gasteiger partial charge on any atom is 0.354 e. The summed E-state index contributed by atoms with van der Waals surface area (Å²) in [4.78, 5) is 43.8. The Morgan fingerprint density at radius 3 is 2.55 bits per heavy atom. The van der Waals surface area contributed by atoms with E-state index < -0.39 is 12.0 Å². The third-order valence-electron chi connectivity index (χ3n) is 5.07. The maximum atomic E-state index is 13.4. The van der Waals surface area contributed by atoms with E-state index in [0.717, 1.165) is 5.56 Å². The van der Waals surface area contributed by atoms with Gasteiger partial charge in [-0.2, -0.15) is 0 Å². The summed E-state index contributed by atoms with van der Waals surface area (Å²) in [6, 6.07) is 2.56. The number of ether oxygens (including phenoxy) is 1. The van der Waals surface area contributed by atoms with Gasteiger partial charge in [0.2, 0.25) is 0 Å². The molecule has 8 nitrogen and oxygen atoms in total. The molecule has 1 unspecified atom stereocenters. The summed E-state index contributed by atoms with van der Waals surface area (Å²) in [5.74, 6) is -0.739. The monoisotopic (exact) mass is 400 g/mol. The lowest BCUT2D eigenvalue weighted by molar-refractivity contribution is 0.0588. The molecule has 0 aliphatic rings. The molecule has 2 heterocycles. The zero-order valence-corrected chi connectivity index (χ0v) is 17.8. The fraction of sp³-hybridized carbons (Fsp3) is 0.429. The standard InChI is InChI=1S/C21H28N4O4/c1-7-23-21(28)25(12-16-9-8-10-22-11-16)15(4)19(26)17-13(2)18(20(27)29-6)24(5)14(17)3/h8-11,15H,7,12H2,1-6H3,(H,23,28). The number of carbonyl (C=O) groups is 3. The highest BCUT2D eigenvalue weighted by Crippen LogP contribution is 2.25. The van der Waals surface area contributed by atoms with Crippen molar-refractivity contribution in [2.75, 3.05) is 13.7 Å². The zero-order valence-electron chi connectivity index (χ0n) is 17.8. The highest BCUT2D eigenvalue weighted by atomic mass is 16.5. The molecule has 0 spiro atoms. The number of urea groups is 1. The number of hydrogen-bond donors (Lipinski definition) is 1. The largest absolute Gasteiger partial charge is 0.464 e. The van der Waals surface area contributed by atoms with Crippen LogP contribution in [-0.2, 0) is 18.3 Å². The third-order valence-corrected chi connectivity index (χ3v) is 5.07. The van der Waals surface area contributed by atoms with Crippen LogP contribution >= 0.6 is 0 Å². The zero-order chi connectivity index (χ0) is 21.7. The second-order valence-electron chi connectivity index (χ2n) is 6.85. The highest BCUT2D eigenvalue weighted by Gasteiger charge is 2.32. The molecule has 0 aliphatic heterocycles. The van der Waals surface area contributed by atoms with Gasteiger partial charge in [-0.3, -0.25) is 9.78 Å². The van der Waals surface area contributed by atoms with Crippen molar-refractivity contribution in [3.8, 4) is 0 Å². The van der Waals surface area contributed by atoms with Gasteiger partial charge in [0.25, 0.3) is 0 Å². The third kappa shape index (κ3) is 4.47. The van der Waals surface area contributed by atoms with E-state index in [4.69, 9.17) is 4.74 Å². The molecule has 0 radical (unpaired) electrons. The number of nitrogens with zero attached hydrogens (tertiary/aromatic N) is 3. The first kappa shape index (κ1) is 22.1. The molecular formula is C21H28N4O4. The molecule has 156 valence electrons. The quantitative estimate of drug-likeness (QED) is 0.570. The number of Topliss-reactive ketones (excluding diaryl/α,β-unsaturated/α-hetero) is 1. The molecule has 0 fully saturated rings. The molecule has 0 aliphatic carbocycles. The van der Waals surface area contributed by atoms with Gasteiger partial charge in [-0.25, -0.2) is 9.59 Å². The van der Waals surface area contributed by atoms with Gasteiger partial charge in [-0.05, 0) is 44.9 Å². The predicted molar refractivity (Wildman–Crippen MR) is 109 cm³/mol. The Hall–Kier alpha value is -3.16. The van der Waals surface area contributed by atoms with Gasteiger partial charge in [0.05, 0.1) is 13.2 Å². The number of ketones is 1. The average Bonchev–Trinajstić information content (AvgIpc) is 2.94. The van der Waals surface area contributed by atoms with Gasteiger partial charge in [0.1, 0.15) is 5.69 Å². The topological polar surface area (TPSA) is 93.5 Å². The van der Waals surface area contributed by atoms with Crippen LogP contribution in [0.5, 0.6) is 0 Å². The summed E-state index contributed by atoms with van der Waals surface area (Å²) >= 11 is 0. The normalized spacial score (nSPS) is 11.7. The van der Waals surface area contributed by atoms with Gasteiger partial charge in [-0.1, -0.05) is 6.07 Å². The Morgan fingerprint density at radius 1 is 1.31 bits per heavy atom. The van der Waals surface area contributed by atoms with Crippen molar-refractivity contribution in [3.05, 3.63) is 52.6 Å². The summed E-state index contributed by atoms with van der Waals surface area (Å²) < 4.78 is 6.50. The molecule has 1 N–H and O–H groups in total. The van der Waals surface area contributed by atoms with E-state index in [1.807, 2.05) is 13.0 Å². The van der Waals surface area contributed by atoms with Gasteiger partial charge < -0.3 is 19.5 Å². The molecule has 2 rings (SSSR count). The Bertz CT molecular complexity index is 905. The van der Waals surface area contributed by atoms with Crippen molar-refractivity contribution in [3.63, 3.8) is 0 Å². The lowest BCUT2D eigenvalue weighted by atomic mass is 9.99. The van der Waals surface area contributed by atoms with Gasteiger partial charge in [0.15, 0.2) is 5.78 Å². The second kappa shape index (κ2) is 9.36. The Kier molecular flexibility index (Phi) is 7.14. The lowest BCUT2D eigenvalue weighted by Gasteiger charge is -2.28. The van der Waals surface area contributed by atoms with Gasteiger partial charge in [-0.15, -0.1) is 0 Å². The van der Waals surface area contributed by atoms with Crippen LogP contribution in [0.1, 0.15) is 51.5 Å². The van der Waals surface area contributed by atoms with E-state index in [2.05, 4.69) is 10.3 Å². The minimum Gasteiger partial charge on any atom is -0.464 e. The number of hydrogen-bond acceptors (Lipinski definition) is 5. The summed E-state index contributed by atoms with van der Waals surface area (Å²) in [6.45, 7) is 7.69. The predicted octanol–water partition coefficient (Wildman–Crippen LogP) is 2.63. The highest BCUT2D eigenvalue weighted by molar-refractivity contribution is 6.06. The number of amides is 2. The van der Waals surface area contributed by atoms with E-state index in [9.17, 15) is 14.4 Å². The number of nitrogens with one attached hydrogen (secondary N) is 1. The summed E-state index contributed by atoms with van der Waals surface area (Å²) in [5, 5.41) is 2.76. The van der Waals surface area contributed by atoms with Crippen LogP contribution in [0.4, 0.5) is 4.79 Å². The van der Waals surface area contributed by atoms with E-state index in [1.54, 1.807) is 50.8 Å². The molecule has 0 aromatic carbocycles. The molecule has 2 aromatic heterocycles. The van der Waals surface area contributed by atoms with Crippen molar-refractivity contribution in [1.82, 2.24) is 19.8 Å². The lowest BCUT2D eigenvalue weighted by Crippen LogP contribution is -2.48. The number of methoxy groups -OCH3 is 1. The molecule has 0 saturated heterocycles. The number of carbonyl (C=O) groups excluding carboxylic acids is 3. The summed E-state index contributed by atoms with van der Waals surface area (Å²) in [7, 11) is 3.02. The average molecular weight is 400 g/mol. The Labute approximate surface area is 170 Å². The van der Waals surface area contributed by atoms with Gasteiger partial charge in [0, 0.05) is 43.8 Å². The summed E-state index contributed by atoms with van der Waals surface area (Å²) in [6.07, 6.45) is 3.32. The second-order valence-corrected chi connectivity index (χ2v) is 6.85. The number of aromatic nitrogens is 2. The van der Waals surface area contributed by atoms with Crippen molar-refractivity contribution in [1.29, 1.82) is 0 Å². The first-order valence-electron chi connectivity index (χ1n) is 9.46. The Balaban J connectivity index is 2.43. The van der Waals surface area contributed by atoms with Crippen LogP contribution in [0.3, 0.4) is 0 Å². The molecule has 8 heteroatoms. The van der Waals surface area contributed by atoms with Gasteiger partial charge >= 0.3 is 12.0 Å². The van der Waals surface area contributed by atoms with Crippen molar-refractivity contribution in [2.45, 2.75) is 40.3 Å².